The van der Waals surface area contributed by atoms with E-state index in [1.807, 2.05) is 0 Å². The van der Waals surface area contributed by atoms with E-state index in [2.05, 4.69) is 5.32 Å². The number of hydrogen-bond acceptors (Lipinski definition) is 3. The summed E-state index contributed by atoms with van der Waals surface area (Å²) in [7, 11) is 0. The van der Waals surface area contributed by atoms with Crippen molar-refractivity contribution < 1.29 is 9.59 Å². The van der Waals surface area contributed by atoms with Gasteiger partial charge < -0.3 is 5.32 Å². The van der Waals surface area contributed by atoms with Gasteiger partial charge in [0.1, 0.15) is 0 Å². The van der Waals surface area contributed by atoms with Gasteiger partial charge >= 0.3 is 0 Å². The predicted molar refractivity (Wildman–Crippen MR) is 74.7 cm³/mol. The fourth-order valence-corrected chi connectivity index (χ4v) is 2.73. The summed E-state index contributed by atoms with van der Waals surface area (Å²) in [6.45, 7) is 2.52. The Morgan fingerprint density at radius 2 is 1.58 bits per heavy atom. The van der Waals surface area contributed by atoms with Gasteiger partial charge in [0, 0.05) is 6.54 Å². The lowest BCUT2D eigenvalue weighted by Gasteiger charge is -2.26. The summed E-state index contributed by atoms with van der Waals surface area (Å²) in [6, 6.07) is 7.08. The van der Waals surface area contributed by atoms with Gasteiger partial charge in [-0.1, -0.05) is 12.1 Å². The van der Waals surface area contributed by atoms with E-state index in [-0.39, 0.29) is 24.2 Å². The highest BCUT2D eigenvalue weighted by atomic mass is 35.5. The number of nitrogens with one attached hydrogen (secondary N) is 1. The topological polar surface area (TPSA) is 49.4 Å². The third kappa shape index (κ3) is 2.51. The molecule has 3 rings (SSSR count). The summed E-state index contributed by atoms with van der Waals surface area (Å²) in [5.74, 6) is 0.178. The number of amides is 2. The first kappa shape index (κ1) is 14.0. The van der Waals surface area contributed by atoms with Gasteiger partial charge in [-0.3, -0.25) is 14.5 Å². The van der Waals surface area contributed by atoms with Gasteiger partial charge in [0.15, 0.2) is 0 Å². The largest absolute Gasteiger partial charge is 0.317 e. The van der Waals surface area contributed by atoms with E-state index in [4.69, 9.17) is 0 Å². The van der Waals surface area contributed by atoms with E-state index in [0.29, 0.717) is 23.6 Å². The fourth-order valence-electron chi connectivity index (χ4n) is 2.73. The van der Waals surface area contributed by atoms with Crippen LogP contribution in [0.4, 0.5) is 0 Å². The average Bonchev–Trinajstić information content (AvgIpc) is 2.66. The van der Waals surface area contributed by atoms with Crippen molar-refractivity contribution in [2.24, 2.45) is 5.92 Å². The van der Waals surface area contributed by atoms with Crippen LogP contribution in [0, 0.1) is 5.92 Å². The van der Waals surface area contributed by atoms with Crippen molar-refractivity contribution in [1.82, 2.24) is 10.2 Å². The van der Waals surface area contributed by atoms with Gasteiger partial charge in [-0.15, -0.1) is 12.4 Å². The van der Waals surface area contributed by atoms with E-state index < -0.39 is 0 Å². The molecular weight excluding hydrogens is 264 g/mol. The molecule has 0 aromatic heterocycles. The lowest BCUT2D eigenvalue weighted by atomic mass is 9.97. The molecule has 1 fully saturated rings. The minimum atomic E-state index is -0.130. The maximum absolute atomic E-state index is 12.2. The molecule has 1 aromatic carbocycles. The summed E-state index contributed by atoms with van der Waals surface area (Å²) < 4.78 is 0. The highest BCUT2D eigenvalue weighted by Gasteiger charge is 2.36. The quantitative estimate of drug-likeness (QED) is 0.839. The standard InChI is InChI=1S/C14H16N2O2.ClH/c17-13-11-3-1-2-4-12(11)14(18)16(13)9-10-5-7-15-8-6-10;/h1-4,10,15H,5-9H2;1H. The lowest BCUT2D eigenvalue weighted by molar-refractivity contribution is 0.0619. The van der Waals surface area contributed by atoms with Crippen molar-refractivity contribution in [1.29, 1.82) is 0 Å². The fraction of sp³-hybridized carbons (Fsp3) is 0.429. The van der Waals surface area contributed by atoms with Crippen LogP contribution in [0.3, 0.4) is 0 Å². The molecule has 0 atom stereocenters. The summed E-state index contributed by atoms with van der Waals surface area (Å²) in [5, 5.41) is 3.29. The number of carbonyl (C=O) groups is 2. The molecule has 2 aliphatic rings. The summed E-state index contributed by atoms with van der Waals surface area (Å²) >= 11 is 0. The Morgan fingerprint density at radius 1 is 1.05 bits per heavy atom. The zero-order chi connectivity index (χ0) is 12.5. The van der Waals surface area contributed by atoms with Crippen LogP contribution in [0.2, 0.25) is 0 Å². The molecule has 4 nitrogen and oxygen atoms in total. The molecule has 102 valence electrons. The van der Waals surface area contributed by atoms with Crippen LogP contribution in [0.15, 0.2) is 24.3 Å². The normalized spacial score (nSPS) is 19.3. The number of piperidine rings is 1. The van der Waals surface area contributed by atoms with Crippen LogP contribution in [-0.2, 0) is 0 Å². The molecule has 2 heterocycles. The van der Waals surface area contributed by atoms with E-state index in [1.165, 1.54) is 4.90 Å². The summed E-state index contributed by atoms with van der Waals surface area (Å²) in [6.07, 6.45) is 2.07. The predicted octanol–water partition coefficient (Wildman–Crippen LogP) is 1.70. The monoisotopic (exact) mass is 280 g/mol. The molecule has 1 saturated heterocycles. The zero-order valence-electron chi connectivity index (χ0n) is 10.6. The maximum Gasteiger partial charge on any atom is 0.261 e. The lowest BCUT2D eigenvalue weighted by Crippen LogP contribution is -2.38. The number of imide groups is 1. The summed E-state index contributed by atoms with van der Waals surface area (Å²) in [5.41, 5.74) is 1.10. The summed E-state index contributed by atoms with van der Waals surface area (Å²) in [4.78, 5) is 25.8. The van der Waals surface area contributed by atoms with Gasteiger partial charge in [-0.25, -0.2) is 0 Å². The van der Waals surface area contributed by atoms with Gasteiger partial charge in [-0.2, -0.15) is 0 Å². The molecule has 0 spiro atoms. The van der Waals surface area contributed by atoms with E-state index in [0.717, 1.165) is 25.9 Å². The Kier molecular flexibility index (Phi) is 4.22. The van der Waals surface area contributed by atoms with Crippen LogP contribution in [0.5, 0.6) is 0 Å². The minimum absolute atomic E-state index is 0. The number of fused-ring (bicyclic) bond motifs is 1. The van der Waals surface area contributed by atoms with Crippen molar-refractivity contribution in [3.63, 3.8) is 0 Å². The molecule has 0 radical (unpaired) electrons. The smallest absolute Gasteiger partial charge is 0.261 e. The Balaban J connectivity index is 0.00000133. The first-order valence-electron chi connectivity index (χ1n) is 6.43. The molecule has 19 heavy (non-hydrogen) atoms. The second-order valence-electron chi connectivity index (χ2n) is 4.96. The molecule has 0 unspecified atom stereocenters. The second kappa shape index (κ2) is 5.72. The zero-order valence-corrected chi connectivity index (χ0v) is 11.4. The molecule has 0 aliphatic carbocycles. The third-order valence-electron chi connectivity index (χ3n) is 3.78. The van der Waals surface area contributed by atoms with Crippen molar-refractivity contribution >= 4 is 24.2 Å². The van der Waals surface area contributed by atoms with Crippen molar-refractivity contribution in [2.75, 3.05) is 19.6 Å². The minimum Gasteiger partial charge on any atom is -0.317 e. The molecular formula is C14H17ClN2O2. The van der Waals surface area contributed by atoms with Crippen LogP contribution in [-0.4, -0.2) is 36.3 Å². The van der Waals surface area contributed by atoms with E-state index in [1.54, 1.807) is 24.3 Å². The Bertz CT molecular complexity index is 463. The van der Waals surface area contributed by atoms with Crippen LogP contribution < -0.4 is 5.32 Å². The Morgan fingerprint density at radius 3 is 2.11 bits per heavy atom. The highest BCUT2D eigenvalue weighted by molar-refractivity contribution is 6.21. The van der Waals surface area contributed by atoms with Crippen LogP contribution >= 0.6 is 12.4 Å². The molecule has 1 aromatic rings. The molecule has 1 N–H and O–H groups in total. The molecule has 5 heteroatoms. The van der Waals surface area contributed by atoms with E-state index in [9.17, 15) is 9.59 Å². The number of rotatable bonds is 2. The molecule has 2 aliphatic heterocycles. The van der Waals surface area contributed by atoms with Crippen molar-refractivity contribution in [3.8, 4) is 0 Å². The van der Waals surface area contributed by atoms with Gasteiger partial charge in [0.25, 0.3) is 11.8 Å². The molecule has 2 amide bonds. The van der Waals surface area contributed by atoms with E-state index >= 15 is 0 Å². The Labute approximate surface area is 118 Å². The first-order valence-corrected chi connectivity index (χ1v) is 6.43. The average molecular weight is 281 g/mol. The number of hydrogen-bond donors (Lipinski definition) is 1. The second-order valence-corrected chi connectivity index (χ2v) is 4.96. The number of benzene rings is 1. The van der Waals surface area contributed by atoms with Crippen molar-refractivity contribution in [3.05, 3.63) is 35.4 Å². The van der Waals surface area contributed by atoms with Crippen LogP contribution in [0.25, 0.3) is 0 Å². The Hall–Kier alpha value is -1.39. The maximum atomic E-state index is 12.2. The number of halogens is 1. The SMILES string of the molecule is Cl.O=C1c2ccccc2C(=O)N1CC1CCNCC1. The van der Waals surface area contributed by atoms with Gasteiger partial charge in [0.05, 0.1) is 11.1 Å². The van der Waals surface area contributed by atoms with Gasteiger partial charge in [-0.05, 0) is 44.0 Å². The highest BCUT2D eigenvalue weighted by Crippen LogP contribution is 2.25. The molecule has 0 saturated carbocycles. The van der Waals surface area contributed by atoms with Gasteiger partial charge in [0.2, 0.25) is 0 Å². The third-order valence-corrected chi connectivity index (χ3v) is 3.78. The number of carbonyl (C=O) groups excluding carboxylic acids is 2. The van der Waals surface area contributed by atoms with Crippen LogP contribution in [0.1, 0.15) is 33.6 Å². The molecule has 0 bridgehead atoms. The first-order chi connectivity index (χ1) is 8.77. The number of nitrogens with zero attached hydrogens (tertiary/aromatic N) is 1. The van der Waals surface area contributed by atoms with Crippen molar-refractivity contribution in [2.45, 2.75) is 12.8 Å².